The lowest BCUT2D eigenvalue weighted by molar-refractivity contribution is 0.0318. The molecule has 0 aliphatic carbocycles. The van der Waals surface area contributed by atoms with Gasteiger partial charge in [0.2, 0.25) is 15.8 Å². The van der Waals surface area contributed by atoms with Crippen LogP contribution in [-0.4, -0.2) is 44.7 Å². The van der Waals surface area contributed by atoms with Crippen LogP contribution in [0.2, 0.25) is 0 Å². The third-order valence-corrected chi connectivity index (χ3v) is 6.42. The summed E-state index contributed by atoms with van der Waals surface area (Å²) in [5.74, 6) is -1.05. The zero-order chi connectivity index (χ0) is 21.2. The Labute approximate surface area is 166 Å². The fourth-order valence-electron chi connectivity index (χ4n) is 2.72. The van der Waals surface area contributed by atoms with E-state index >= 15 is 0 Å². The lowest BCUT2D eigenvalue weighted by Gasteiger charge is -2.16. The van der Waals surface area contributed by atoms with Crippen molar-refractivity contribution < 1.29 is 22.7 Å². The Morgan fingerprint density at radius 1 is 0.964 bits per heavy atom. The molecule has 0 amide bonds. The number of ether oxygens (including phenoxy) is 1. The molecule has 0 spiro atoms. The first kappa shape index (κ1) is 21.8. The number of rotatable bonds is 6. The van der Waals surface area contributed by atoms with Crippen LogP contribution in [0.5, 0.6) is 0 Å². The summed E-state index contributed by atoms with van der Waals surface area (Å²) in [5, 5.41) is 0. The summed E-state index contributed by atoms with van der Waals surface area (Å²) in [5.41, 5.74) is 3.45. The summed E-state index contributed by atoms with van der Waals surface area (Å²) >= 11 is 0. The number of esters is 1. The maximum absolute atomic E-state index is 12.7. The van der Waals surface area contributed by atoms with Gasteiger partial charge in [-0.3, -0.25) is 4.79 Å². The van der Waals surface area contributed by atoms with Gasteiger partial charge < -0.3 is 4.74 Å². The SMILES string of the molecule is Cc1cc(C)c(C(=O)[C@@H](C)OC(=O)c2cccc(S(=O)(=O)N(C)C)c2)cc1C. The Bertz CT molecular complexity index is 1030. The molecule has 2 aromatic carbocycles. The summed E-state index contributed by atoms with van der Waals surface area (Å²) in [6, 6.07) is 9.28. The maximum atomic E-state index is 12.7. The quantitative estimate of drug-likeness (QED) is 0.546. The highest BCUT2D eigenvalue weighted by atomic mass is 32.2. The predicted molar refractivity (Wildman–Crippen MR) is 107 cm³/mol. The Morgan fingerprint density at radius 2 is 1.57 bits per heavy atom. The van der Waals surface area contributed by atoms with Crippen molar-refractivity contribution in [3.05, 3.63) is 64.2 Å². The van der Waals surface area contributed by atoms with E-state index in [4.69, 9.17) is 4.74 Å². The number of sulfonamides is 1. The van der Waals surface area contributed by atoms with E-state index in [0.717, 1.165) is 21.0 Å². The Hall–Kier alpha value is -2.51. The van der Waals surface area contributed by atoms with E-state index in [1.165, 1.54) is 45.3 Å². The van der Waals surface area contributed by atoms with Crippen molar-refractivity contribution >= 4 is 21.8 Å². The normalized spacial score (nSPS) is 12.7. The van der Waals surface area contributed by atoms with Gasteiger partial charge in [0.05, 0.1) is 10.5 Å². The third-order valence-electron chi connectivity index (χ3n) is 4.61. The molecule has 2 aromatic rings. The number of carbonyl (C=O) groups excluding carboxylic acids is 2. The molecule has 0 aromatic heterocycles. The minimum Gasteiger partial charge on any atom is -0.451 e. The van der Waals surface area contributed by atoms with Crippen LogP contribution in [0.3, 0.4) is 0 Å². The topological polar surface area (TPSA) is 80.8 Å². The van der Waals surface area contributed by atoms with Crippen LogP contribution < -0.4 is 0 Å². The van der Waals surface area contributed by atoms with Crippen LogP contribution in [0.15, 0.2) is 41.3 Å². The summed E-state index contributed by atoms with van der Waals surface area (Å²) < 4.78 is 30.8. The van der Waals surface area contributed by atoms with Gasteiger partial charge in [0.15, 0.2) is 6.10 Å². The van der Waals surface area contributed by atoms with Gasteiger partial charge in [-0.05, 0) is 68.7 Å². The van der Waals surface area contributed by atoms with Crippen molar-refractivity contribution in [2.45, 2.75) is 38.7 Å². The largest absolute Gasteiger partial charge is 0.451 e. The molecule has 0 aliphatic heterocycles. The van der Waals surface area contributed by atoms with E-state index in [0.29, 0.717) is 5.56 Å². The van der Waals surface area contributed by atoms with E-state index in [1.54, 1.807) is 6.07 Å². The third kappa shape index (κ3) is 4.48. The van der Waals surface area contributed by atoms with E-state index < -0.39 is 22.1 Å². The average Bonchev–Trinajstić information content (AvgIpc) is 2.64. The van der Waals surface area contributed by atoms with Gasteiger partial charge >= 0.3 is 5.97 Å². The molecule has 0 heterocycles. The molecular weight excluding hydrogens is 378 g/mol. The fraction of sp³-hybridized carbons (Fsp3) is 0.333. The molecule has 150 valence electrons. The average molecular weight is 404 g/mol. The molecule has 2 rings (SSSR count). The molecule has 0 saturated heterocycles. The van der Waals surface area contributed by atoms with Crippen molar-refractivity contribution in [1.82, 2.24) is 4.31 Å². The van der Waals surface area contributed by atoms with Gasteiger partial charge in [0, 0.05) is 19.7 Å². The molecular formula is C21H25NO5S. The van der Waals surface area contributed by atoms with Gasteiger partial charge in [0.1, 0.15) is 0 Å². The molecule has 7 heteroatoms. The summed E-state index contributed by atoms with van der Waals surface area (Å²) in [6.07, 6.45) is -0.998. The zero-order valence-electron chi connectivity index (χ0n) is 16.9. The van der Waals surface area contributed by atoms with Crippen molar-refractivity contribution in [1.29, 1.82) is 0 Å². The monoisotopic (exact) mass is 403 g/mol. The molecule has 0 saturated carbocycles. The second-order valence-corrected chi connectivity index (χ2v) is 9.13. The first-order valence-corrected chi connectivity index (χ1v) is 10.2. The molecule has 0 unspecified atom stereocenters. The Kier molecular flexibility index (Phi) is 6.41. The van der Waals surface area contributed by atoms with E-state index in [-0.39, 0.29) is 16.2 Å². The summed E-state index contributed by atoms with van der Waals surface area (Å²) in [4.78, 5) is 25.2. The molecule has 0 aliphatic rings. The fourth-order valence-corrected chi connectivity index (χ4v) is 3.67. The van der Waals surface area contributed by atoms with Crippen LogP contribution in [0, 0.1) is 20.8 Å². The molecule has 0 N–H and O–H groups in total. The first-order valence-electron chi connectivity index (χ1n) is 8.80. The van der Waals surface area contributed by atoms with Gasteiger partial charge in [-0.1, -0.05) is 12.1 Å². The number of ketones is 1. The molecule has 6 nitrogen and oxygen atoms in total. The van der Waals surface area contributed by atoms with Crippen molar-refractivity contribution in [2.75, 3.05) is 14.1 Å². The standard InChI is InChI=1S/C21H25NO5S/c1-13-10-15(3)19(11-14(13)2)20(23)16(4)27-21(24)17-8-7-9-18(12-17)28(25,26)22(5)6/h7-12,16H,1-6H3/t16-/m1/s1. The number of nitrogens with zero attached hydrogens (tertiary/aromatic N) is 1. The van der Waals surface area contributed by atoms with E-state index in [9.17, 15) is 18.0 Å². The zero-order valence-corrected chi connectivity index (χ0v) is 17.8. The Balaban J connectivity index is 2.23. The number of Topliss-reactive ketones (excluding diaryl/α,β-unsaturated/α-hetero) is 1. The number of aryl methyl sites for hydroxylation is 3. The van der Waals surface area contributed by atoms with E-state index in [1.807, 2.05) is 26.8 Å². The minimum absolute atomic E-state index is 0.0177. The second-order valence-electron chi connectivity index (χ2n) is 6.98. The van der Waals surface area contributed by atoms with Crippen LogP contribution in [0.4, 0.5) is 0 Å². The van der Waals surface area contributed by atoms with Gasteiger partial charge in [0.25, 0.3) is 0 Å². The second kappa shape index (κ2) is 8.24. The summed E-state index contributed by atoms with van der Waals surface area (Å²) in [6.45, 7) is 7.23. The van der Waals surface area contributed by atoms with Crippen LogP contribution in [-0.2, 0) is 14.8 Å². The van der Waals surface area contributed by atoms with Crippen molar-refractivity contribution in [3.8, 4) is 0 Å². The first-order chi connectivity index (χ1) is 12.9. The molecule has 1 atom stereocenters. The summed E-state index contributed by atoms with van der Waals surface area (Å²) in [7, 11) is -0.857. The molecule has 0 fully saturated rings. The van der Waals surface area contributed by atoms with Crippen molar-refractivity contribution in [3.63, 3.8) is 0 Å². The predicted octanol–water partition coefficient (Wildman–Crippen LogP) is 3.29. The molecule has 0 bridgehead atoms. The molecule has 0 radical (unpaired) electrons. The van der Waals surface area contributed by atoms with Crippen LogP contribution in [0.25, 0.3) is 0 Å². The van der Waals surface area contributed by atoms with Gasteiger partial charge in [-0.2, -0.15) is 0 Å². The lowest BCUT2D eigenvalue weighted by Crippen LogP contribution is -2.26. The van der Waals surface area contributed by atoms with Crippen LogP contribution >= 0.6 is 0 Å². The number of hydrogen-bond acceptors (Lipinski definition) is 5. The van der Waals surface area contributed by atoms with Gasteiger partial charge in [-0.25, -0.2) is 17.5 Å². The highest BCUT2D eigenvalue weighted by Gasteiger charge is 2.24. The maximum Gasteiger partial charge on any atom is 0.338 e. The smallest absolute Gasteiger partial charge is 0.338 e. The van der Waals surface area contributed by atoms with E-state index in [2.05, 4.69) is 0 Å². The lowest BCUT2D eigenvalue weighted by atomic mass is 9.96. The van der Waals surface area contributed by atoms with Crippen LogP contribution in [0.1, 0.15) is 44.3 Å². The number of hydrogen-bond donors (Lipinski definition) is 0. The van der Waals surface area contributed by atoms with Gasteiger partial charge in [-0.15, -0.1) is 0 Å². The molecule has 28 heavy (non-hydrogen) atoms. The van der Waals surface area contributed by atoms with Crippen molar-refractivity contribution in [2.24, 2.45) is 0 Å². The number of carbonyl (C=O) groups is 2. The highest BCUT2D eigenvalue weighted by Crippen LogP contribution is 2.19. The Morgan fingerprint density at radius 3 is 2.18 bits per heavy atom. The minimum atomic E-state index is -3.68. The highest BCUT2D eigenvalue weighted by molar-refractivity contribution is 7.89. The number of benzene rings is 2.